The van der Waals surface area contributed by atoms with Crippen molar-refractivity contribution in [2.24, 2.45) is 0 Å². The van der Waals surface area contributed by atoms with Gasteiger partial charge < -0.3 is 14.9 Å². The van der Waals surface area contributed by atoms with Gasteiger partial charge in [0.1, 0.15) is 0 Å². The van der Waals surface area contributed by atoms with Crippen LogP contribution in [0.4, 0.5) is 0 Å². The molecule has 0 saturated carbocycles. The van der Waals surface area contributed by atoms with Crippen LogP contribution in [0.5, 0.6) is 0 Å². The molecule has 1 fully saturated rings. The minimum absolute atomic E-state index is 0.0267. The van der Waals surface area contributed by atoms with Gasteiger partial charge in [0, 0.05) is 17.4 Å². The molecule has 3 rings (SSSR count). The molecule has 2 atom stereocenters. The Kier molecular flexibility index (Phi) is 3.63. The predicted octanol–water partition coefficient (Wildman–Crippen LogP) is 1.82. The molecule has 1 aromatic carbocycles. The Bertz CT molecular complexity index is 555. The topological polar surface area (TPSA) is 71.2 Å². The molecule has 100 valence electrons. The van der Waals surface area contributed by atoms with Crippen LogP contribution in [0.1, 0.15) is 29.7 Å². The van der Waals surface area contributed by atoms with Gasteiger partial charge in [-0.2, -0.15) is 4.98 Å². The maximum Gasteiger partial charge on any atom is 0.243 e. The summed E-state index contributed by atoms with van der Waals surface area (Å²) in [6.07, 6.45) is 0.943. The van der Waals surface area contributed by atoms with Crippen molar-refractivity contribution in [1.82, 2.24) is 15.5 Å². The van der Waals surface area contributed by atoms with Crippen molar-refractivity contribution in [1.29, 1.82) is 0 Å². The van der Waals surface area contributed by atoms with E-state index in [0.717, 1.165) is 10.0 Å². The van der Waals surface area contributed by atoms with E-state index in [1.165, 1.54) is 0 Å². The summed E-state index contributed by atoms with van der Waals surface area (Å²) in [5.74, 6) is 1.23. The van der Waals surface area contributed by atoms with Crippen LogP contribution in [-0.2, 0) is 6.42 Å². The Morgan fingerprint density at radius 1 is 1.37 bits per heavy atom. The number of aliphatic hydroxyl groups excluding tert-OH is 1. The fraction of sp³-hybridized carbons (Fsp3) is 0.385. The largest absolute Gasteiger partial charge is 0.392 e. The Morgan fingerprint density at radius 2 is 2.16 bits per heavy atom. The van der Waals surface area contributed by atoms with Crippen molar-refractivity contribution in [2.75, 3.05) is 6.54 Å². The van der Waals surface area contributed by atoms with E-state index in [1.807, 2.05) is 24.3 Å². The third-order valence-electron chi connectivity index (χ3n) is 3.17. The van der Waals surface area contributed by atoms with Crippen molar-refractivity contribution in [3.63, 3.8) is 0 Å². The Labute approximate surface area is 119 Å². The first-order chi connectivity index (χ1) is 9.20. The number of hydrogen-bond donors (Lipinski definition) is 2. The van der Waals surface area contributed by atoms with Gasteiger partial charge in [0.2, 0.25) is 5.89 Å². The average Bonchev–Trinajstić information content (AvgIpc) is 3.01. The van der Waals surface area contributed by atoms with Crippen molar-refractivity contribution in [3.8, 4) is 0 Å². The molecule has 1 aliphatic rings. The number of nitrogens with zero attached hydrogens (tertiary/aromatic N) is 2. The molecule has 1 aromatic heterocycles. The lowest BCUT2D eigenvalue weighted by Gasteiger charge is -2.01. The number of benzene rings is 1. The molecule has 2 aromatic rings. The quantitative estimate of drug-likeness (QED) is 0.901. The molecule has 1 saturated heterocycles. The van der Waals surface area contributed by atoms with Gasteiger partial charge in [-0.15, -0.1) is 0 Å². The summed E-state index contributed by atoms with van der Waals surface area (Å²) in [4.78, 5) is 4.38. The highest BCUT2D eigenvalue weighted by Crippen LogP contribution is 2.22. The van der Waals surface area contributed by atoms with E-state index in [0.29, 0.717) is 31.1 Å². The molecule has 0 bridgehead atoms. The molecule has 19 heavy (non-hydrogen) atoms. The summed E-state index contributed by atoms with van der Waals surface area (Å²) >= 11 is 3.40. The van der Waals surface area contributed by atoms with E-state index in [2.05, 4.69) is 31.4 Å². The zero-order valence-corrected chi connectivity index (χ0v) is 11.8. The summed E-state index contributed by atoms with van der Waals surface area (Å²) < 4.78 is 6.30. The molecule has 2 heterocycles. The Balaban J connectivity index is 1.69. The van der Waals surface area contributed by atoms with Gasteiger partial charge in [0.25, 0.3) is 0 Å². The minimum Gasteiger partial charge on any atom is -0.392 e. The van der Waals surface area contributed by atoms with Crippen LogP contribution in [0.3, 0.4) is 0 Å². The SMILES string of the molecule is OC1CN[C@H](c2nc(Cc3ccc(Br)cc3)no2)C1. The maximum atomic E-state index is 9.47. The summed E-state index contributed by atoms with van der Waals surface area (Å²) in [5, 5.41) is 16.6. The second kappa shape index (κ2) is 5.40. The van der Waals surface area contributed by atoms with Crippen LogP contribution in [0.2, 0.25) is 0 Å². The standard InChI is InChI=1S/C13H14BrN3O2/c14-9-3-1-8(2-4-9)5-12-16-13(19-17-12)11-6-10(18)7-15-11/h1-4,10-11,15,18H,5-7H2/t10?,11-/m0/s1. The van der Waals surface area contributed by atoms with Crippen molar-refractivity contribution in [3.05, 3.63) is 46.0 Å². The first-order valence-electron chi connectivity index (χ1n) is 6.19. The van der Waals surface area contributed by atoms with E-state index >= 15 is 0 Å². The number of halogens is 1. The van der Waals surface area contributed by atoms with E-state index in [-0.39, 0.29) is 12.1 Å². The lowest BCUT2D eigenvalue weighted by atomic mass is 10.1. The number of aromatic nitrogens is 2. The fourth-order valence-electron chi connectivity index (χ4n) is 2.17. The molecule has 6 heteroatoms. The molecule has 0 spiro atoms. The third-order valence-corrected chi connectivity index (χ3v) is 3.69. The van der Waals surface area contributed by atoms with Crippen LogP contribution >= 0.6 is 15.9 Å². The van der Waals surface area contributed by atoms with E-state index in [1.54, 1.807) is 0 Å². The lowest BCUT2D eigenvalue weighted by Crippen LogP contribution is -2.15. The molecule has 2 N–H and O–H groups in total. The van der Waals surface area contributed by atoms with Gasteiger partial charge in [0.05, 0.1) is 12.1 Å². The smallest absolute Gasteiger partial charge is 0.243 e. The van der Waals surface area contributed by atoms with Gasteiger partial charge in [-0.3, -0.25) is 0 Å². The second-order valence-corrected chi connectivity index (χ2v) is 5.62. The first kappa shape index (κ1) is 12.8. The fourth-order valence-corrected chi connectivity index (χ4v) is 2.44. The first-order valence-corrected chi connectivity index (χ1v) is 6.98. The molecule has 0 amide bonds. The van der Waals surface area contributed by atoms with Gasteiger partial charge in [0.15, 0.2) is 5.82 Å². The van der Waals surface area contributed by atoms with Crippen LogP contribution in [0.15, 0.2) is 33.3 Å². The maximum absolute atomic E-state index is 9.47. The summed E-state index contributed by atoms with van der Waals surface area (Å²) in [7, 11) is 0. The van der Waals surface area contributed by atoms with Crippen LogP contribution < -0.4 is 5.32 Å². The highest BCUT2D eigenvalue weighted by Gasteiger charge is 2.27. The summed E-state index contributed by atoms with van der Waals surface area (Å²) in [5.41, 5.74) is 1.13. The Morgan fingerprint density at radius 3 is 2.84 bits per heavy atom. The predicted molar refractivity (Wildman–Crippen MR) is 72.6 cm³/mol. The van der Waals surface area contributed by atoms with Crippen molar-refractivity contribution >= 4 is 15.9 Å². The normalized spacial score (nSPS) is 22.8. The van der Waals surface area contributed by atoms with Crippen molar-refractivity contribution < 1.29 is 9.63 Å². The Hall–Kier alpha value is -1.24. The minimum atomic E-state index is -0.327. The van der Waals surface area contributed by atoms with Crippen LogP contribution in [0, 0.1) is 0 Å². The summed E-state index contributed by atoms with van der Waals surface area (Å²) in [6, 6.07) is 8.01. The number of β-amino-alcohol motifs (C(OH)–C–C–N with tert-alkyl or cyclic N) is 1. The summed E-state index contributed by atoms with van der Waals surface area (Å²) in [6.45, 7) is 0.578. The second-order valence-electron chi connectivity index (χ2n) is 4.70. The molecular formula is C13H14BrN3O2. The number of aliphatic hydroxyl groups is 1. The highest BCUT2D eigenvalue weighted by atomic mass is 79.9. The van der Waals surface area contributed by atoms with Gasteiger partial charge in [-0.25, -0.2) is 0 Å². The lowest BCUT2D eigenvalue weighted by molar-refractivity contribution is 0.191. The highest BCUT2D eigenvalue weighted by molar-refractivity contribution is 9.10. The van der Waals surface area contributed by atoms with Gasteiger partial charge in [-0.05, 0) is 24.1 Å². The molecule has 0 radical (unpaired) electrons. The zero-order valence-electron chi connectivity index (χ0n) is 10.2. The third kappa shape index (κ3) is 3.02. The molecular weight excluding hydrogens is 310 g/mol. The molecule has 1 aliphatic heterocycles. The molecule has 5 nitrogen and oxygen atoms in total. The van der Waals surface area contributed by atoms with Crippen LogP contribution in [0.25, 0.3) is 0 Å². The number of nitrogens with one attached hydrogen (secondary N) is 1. The van der Waals surface area contributed by atoms with E-state index < -0.39 is 0 Å². The zero-order chi connectivity index (χ0) is 13.2. The number of rotatable bonds is 3. The number of hydrogen-bond acceptors (Lipinski definition) is 5. The van der Waals surface area contributed by atoms with E-state index in [9.17, 15) is 5.11 Å². The van der Waals surface area contributed by atoms with Gasteiger partial charge in [-0.1, -0.05) is 33.2 Å². The molecule has 0 aliphatic carbocycles. The molecule has 1 unspecified atom stereocenters. The average molecular weight is 324 g/mol. The van der Waals surface area contributed by atoms with Crippen molar-refractivity contribution in [2.45, 2.75) is 25.0 Å². The monoisotopic (exact) mass is 323 g/mol. The van der Waals surface area contributed by atoms with Gasteiger partial charge >= 0.3 is 0 Å². The van der Waals surface area contributed by atoms with Crippen LogP contribution in [-0.4, -0.2) is 27.9 Å². The van der Waals surface area contributed by atoms with E-state index in [4.69, 9.17) is 4.52 Å².